The van der Waals surface area contributed by atoms with Gasteiger partial charge in [-0.25, -0.2) is 13.2 Å². The number of benzene rings is 1. The summed E-state index contributed by atoms with van der Waals surface area (Å²) in [7, 11) is 1.02. The molecular weight excluding hydrogens is 199 g/mol. The maximum atomic E-state index is 13.0. The molecule has 3 nitrogen and oxygen atoms in total. The Bertz CT molecular complexity index is 393. The normalized spacial score (nSPS) is 10.0. The number of nitrogens with two attached hydrogens (primary N) is 1. The fourth-order valence-electron chi connectivity index (χ4n) is 0.998. The van der Waals surface area contributed by atoms with E-state index in [0.29, 0.717) is 0 Å². The molecule has 0 aliphatic heterocycles. The highest BCUT2D eigenvalue weighted by Gasteiger charge is 2.23. The van der Waals surface area contributed by atoms with Crippen LogP contribution < -0.4 is 10.5 Å². The van der Waals surface area contributed by atoms with Crippen molar-refractivity contribution in [3.63, 3.8) is 0 Å². The van der Waals surface area contributed by atoms with Crippen LogP contribution >= 0.6 is 0 Å². The zero-order valence-corrected chi connectivity index (χ0v) is 7.11. The number of halogens is 3. The lowest BCUT2D eigenvalue weighted by Crippen LogP contribution is -2.16. The van der Waals surface area contributed by atoms with Crippen LogP contribution in [0.2, 0.25) is 0 Å². The van der Waals surface area contributed by atoms with E-state index < -0.39 is 34.7 Å². The molecular formula is C8H6F3NO2. The monoisotopic (exact) mass is 205 g/mol. The topological polar surface area (TPSA) is 52.3 Å². The third kappa shape index (κ3) is 1.50. The molecule has 0 spiro atoms. The Hall–Kier alpha value is -1.72. The first kappa shape index (κ1) is 10.4. The Morgan fingerprint density at radius 2 is 1.93 bits per heavy atom. The molecule has 0 unspecified atom stereocenters. The molecule has 0 saturated heterocycles. The summed E-state index contributed by atoms with van der Waals surface area (Å²) in [5.41, 5.74) is 3.81. The Morgan fingerprint density at radius 1 is 1.36 bits per heavy atom. The Labute approximate surface area is 77.3 Å². The molecule has 14 heavy (non-hydrogen) atoms. The Kier molecular flexibility index (Phi) is 2.64. The van der Waals surface area contributed by atoms with Gasteiger partial charge in [0.05, 0.1) is 7.11 Å². The number of primary amides is 1. The quantitative estimate of drug-likeness (QED) is 0.738. The van der Waals surface area contributed by atoms with Gasteiger partial charge in [-0.2, -0.15) is 0 Å². The standard InChI is InChI=1S/C8H6F3NO2/c1-14-7-4(10)2-3(9)6(11)5(7)8(12)13/h2H,1H3,(H2,12,13). The molecule has 1 rings (SSSR count). The minimum absolute atomic E-state index is 0.278. The van der Waals surface area contributed by atoms with Crippen molar-refractivity contribution in [3.05, 3.63) is 29.1 Å². The summed E-state index contributed by atoms with van der Waals surface area (Å²) in [5.74, 6) is -6.18. The minimum Gasteiger partial charge on any atom is -0.493 e. The van der Waals surface area contributed by atoms with Crippen molar-refractivity contribution >= 4 is 5.91 Å². The molecule has 6 heteroatoms. The van der Waals surface area contributed by atoms with Crippen LogP contribution in [0, 0.1) is 17.5 Å². The second-order valence-electron chi connectivity index (χ2n) is 2.43. The molecule has 2 N–H and O–H groups in total. The van der Waals surface area contributed by atoms with E-state index in [1.165, 1.54) is 0 Å². The second-order valence-corrected chi connectivity index (χ2v) is 2.43. The van der Waals surface area contributed by atoms with Gasteiger partial charge >= 0.3 is 0 Å². The predicted molar refractivity (Wildman–Crippen MR) is 41.4 cm³/mol. The lowest BCUT2D eigenvalue weighted by molar-refractivity contribution is 0.0991. The second kappa shape index (κ2) is 3.57. The molecule has 76 valence electrons. The van der Waals surface area contributed by atoms with E-state index in [-0.39, 0.29) is 6.07 Å². The van der Waals surface area contributed by atoms with E-state index in [2.05, 4.69) is 4.74 Å². The maximum absolute atomic E-state index is 13.0. The van der Waals surface area contributed by atoms with Crippen molar-refractivity contribution in [2.24, 2.45) is 5.73 Å². The molecule has 0 heterocycles. The first-order valence-corrected chi connectivity index (χ1v) is 3.50. The lowest BCUT2D eigenvalue weighted by atomic mass is 10.1. The summed E-state index contributed by atoms with van der Waals surface area (Å²) in [6, 6.07) is 0.278. The van der Waals surface area contributed by atoms with Crippen LogP contribution in [0.1, 0.15) is 10.4 Å². The van der Waals surface area contributed by atoms with Gasteiger partial charge in [0.2, 0.25) is 0 Å². The van der Waals surface area contributed by atoms with E-state index in [0.717, 1.165) is 7.11 Å². The van der Waals surface area contributed by atoms with Gasteiger partial charge in [-0.05, 0) is 0 Å². The molecule has 0 aliphatic carbocycles. The summed E-state index contributed by atoms with van der Waals surface area (Å²) >= 11 is 0. The number of carbonyl (C=O) groups is 1. The smallest absolute Gasteiger partial charge is 0.255 e. The number of rotatable bonds is 2. The fourth-order valence-corrected chi connectivity index (χ4v) is 0.998. The van der Waals surface area contributed by atoms with Gasteiger partial charge in [-0.1, -0.05) is 0 Å². The third-order valence-corrected chi connectivity index (χ3v) is 1.58. The van der Waals surface area contributed by atoms with Crippen molar-refractivity contribution in [2.75, 3.05) is 7.11 Å². The van der Waals surface area contributed by atoms with Crippen LogP contribution in [0.15, 0.2) is 6.07 Å². The molecule has 0 aromatic heterocycles. The number of hydrogen-bond donors (Lipinski definition) is 1. The van der Waals surface area contributed by atoms with Crippen LogP contribution in [0.3, 0.4) is 0 Å². The highest BCUT2D eigenvalue weighted by Crippen LogP contribution is 2.26. The summed E-state index contributed by atoms with van der Waals surface area (Å²) in [4.78, 5) is 10.7. The Morgan fingerprint density at radius 3 is 2.36 bits per heavy atom. The van der Waals surface area contributed by atoms with E-state index in [1.54, 1.807) is 0 Å². The molecule has 0 saturated carbocycles. The van der Waals surface area contributed by atoms with Gasteiger partial charge in [0.1, 0.15) is 5.56 Å². The van der Waals surface area contributed by atoms with Crippen molar-refractivity contribution < 1.29 is 22.7 Å². The molecule has 1 aromatic carbocycles. The highest BCUT2D eigenvalue weighted by molar-refractivity contribution is 5.96. The lowest BCUT2D eigenvalue weighted by Gasteiger charge is -2.07. The molecule has 0 fully saturated rings. The van der Waals surface area contributed by atoms with E-state index >= 15 is 0 Å². The van der Waals surface area contributed by atoms with Crippen molar-refractivity contribution in [1.82, 2.24) is 0 Å². The molecule has 0 bridgehead atoms. The van der Waals surface area contributed by atoms with Crippen LogP contribution in [0.25, 0.3) is 0 Å². The van der Waals surface area contributed by atoms with Crippen LogP contribution in [-0.4, -0.2) is 13.0 Å². The summed E-state index contributed by atoms with van der Waals surface area (Å²) in [5, 5.41) is 0. The van der Waals surface area contributed by atoms with Crippen molar-refractivity contribution in [2.45, 2.75) is 0 Å². The van der Waals surface area contributed by atoms with Gasteiger partial charge in [0, 0.05) is 6.07 Å². The van der Waals surface area contributed by atoms with Crippen LogP contribution in [-0.2, 0) is 0 Å². The zero-order chi connectivity index (χ0) is 10.9. The minimum atomic E-state index is -1.52. The average Bonchev–Trinajstić information content (AvgIpc) is 2.10. The SMILES string of the molecule is COc1c(F)cc(F)c(F)c1C(N)=O. The first-order chi connectivity index (χ1) is 6.49. The van der Waals surface area contributed by atoms with Gasteiger partial charge in [0.25, 0.3) is 5.91 Å². The number of ether oxygens (including phenoxy) is 1. The fraction of sp³-hybridized carbons (Fsp3) is 0.125. The third-order valence-electron chi connectivity index (χ3n) is 1.58. The average molecular weight is 205 g/mol. The van der Waals surface area contributed by atoms with Gasteiger partial charge in [-0.15, -0.1) is 0 Å². The summed E-state index contributed by atoms with van der Waals surface area (Å²) in [6.07, 6.45) is 0. The molecule has 1 aromatic rings. The Balaban J connectivity index is 3.56. The van der Waals surface area contributed by atoms with E-state index in [4.69, 9.17) is 5.73 Å². The van der Waals surface area contributed by atoms with E-state index in [1.807, 2.05) is 0 Å². The van der Waals surface area contributed by atoms with Gasteiger partial charge < -0.3 is 10.5 Å². The van der Waals surface area contributed by atoms with E-state index in [9.17, 15) is 18.0 Å². The van der Waals surface area contributed by atoms with Crippen LogP contribution in [0.5, 0.6) is 5.75 Å². The molecule has 0 radical (unpaired) electrons. The number of methoxy groups -OCH3 is 1. The predicted octanol–water partition coefficient (Wildman–Crippen LogP) is 1.21. The largest absolute Gasteiger partial charge is 0.493 e. The summed E-state index contributed by atoms with van der Waals surface area (Å²) < 4.78 is 42.9. The van der Waals surface area contributed by atoms with Crippen molar-refractivity contribution in [3.8, 4) is 5.75 Å². The van der Waals surface area contributed by atoms with Crippen molar-refractivity contribution in [1.29, 1.82) is 0 Å². The zero-order valence-electron chi connectivity index (χ0n) is 7.11. The number of hydrogen-bond acceptors (Lipinski definition) is 2. The molecule has 0 aliphatic rings. The number of amides is 1. The molecule has 0 atom stereocenters. The van der Waals surface area contributed by atoms with Gasteiger partial charge in [-0.3, -0.25) is 4.79 Å². The molecule has 1 amide bonds. The van der Waals surface area contributed by atoms with Gasteiger partial charge in [0.15, 0.2) is 23.2 Å². The summed E-state index contributed by atoms with van der Waals surface area (Å²) in [6.45, 7) is 0. The first-order valence-electron chi connectivity index (χ1n) is 3.50. The highest BCUT2D eigenvalue weighted by atomic mass is 19.2. The maximum Gasteiger partial charge on any atom is 0.255 e. The number of carbonyl (C=O) groups excluding carboxylic acids is 1. The van der Waals surface area contributed by atoms with Crippen LogP contribution in [0.4, 0.5) is 13.2 Å².